The number of para-hydroxylation sites is 2. The number of carbonyl (C=O) groups excluding carboxylic acids is 5. The Hall–Kier alpha value is -12.4. The van der Waals surface area contributed by atoms with E-state index in [4.69, 9.17) is 20.0 Å². The minimum Gasteiger partial charge on any atom is -0.478 e. The molecule has 18 heteroatoms. The second-order valence-electron chi connectivity index (χ2n) is 25.7. The van der Waals surface area contributed by atoms with Gasteiger partial charge in [0.15, 0.2) is 0 Å². The molecule has 0 bridgehead atoms. The SMILES string of the molecule is COC(=O)/C=C/c1ccccc1NCc1ccc(-c2ccccc2)c(C)c1.CON(C)C(=O)c1ccc(-c2ccccc2)c(C)c1.CON(C)C(=O)c1ccc(Br)c(C)c1.Cc1cc(C(=O)O)ccc1Br.Cc1cc(C=O)ccc1-c1ccccc1.Cc1cc(CNc2ccccc2/C=C/C(=O)NO)ccc1-c1ccccc1. The molecule has 0 saturated carbocycles. The molecular formula is C95H93Br2N5O11. The van der Waals surface area contributed by atoms with Crippen LogP contribution in [0.4, 0.5) is 11.4 Å². The average molecular weight is 1640 g/mol. The largest absolute Gasteiger partial charge is 0.478 e. The van der Waals surface area contributed by atoms with Gasteiger partial charge in [-0.15, -0.1) is 0 Å². The van der Waals surface area contributed by atoms with Gasteiger partial charge in [-0.05, 0) is 221 Å². The van der Waals surface area contributed by atoms with E-state index in [1.807, 2.05) is 185 Å². The van der Waals surface area contributed by atoms with Gasteiger partial charge in [0, 0.05) is 76.3 Å². The van der Waals surface area contributed by atoms with E-state index in [0.29, 0.717) is 29.8 Å². The lowest BCUT2D eigenvalue weighted by Gasteiger charge is -2.15. The number of aldehydes is 1. The van der Waals surface area contributed by atoms with Gasteiger partial charge in [-0.25, -0.2) is 25.2 Å². The van der Waals surface area contributed by atoms with Gasteiger partial charge in [-0.2, -0.15) is 0 Å². The summed E-state index contributed by atoms with van der Waals surface area (Å²) in [5.41, 5.74) is 26.2. The Morgan fingerprint density at radius 2 is 0.735 bits per heavy atom. The number of esters is 1. The normalized spacial score (nSPS) is 10.4. The number of hydrogen-bond donors (Lipinski definition) is 5. The number of methoxy groups -OCH3 is 1. The van der Waals surface area contributed by atoms with Crippen molar-refractivity contribution in [2.75, 3.05) is 46.1 Å². The van der Waals surface area contributed by atoms with Crippen LogP contribution in [0.15, 0.2) is 300 Å². The maximum Gasteiger partial charge on any atom is 0.335 e. The summed E-state index contributed by atoms with van der Waals surface area (Å²) in [5, 5.41) is 26.5. The van der Waals surface area contributed by atoms with Gasteiger partial charge in [0.25, 0.3) is 17.7 Å². The van der Waals surface area contributed by atoms with Crippen molar-refractivity contribution in [1.29, 1.82) is 0 Å². The number of ether oxygens (including phenoxy) is 1. The number of carbonyl (C=O) groups is 6. The van der Waals surface area contributed by atoms with Crippen LogP contribution in [0.2, 0.25) is 0 Å². The molecule has 0 aliphatic carbocycles. The smallest absolute Gasteiger partial charge is 0.335 e. The number of rotatable bonds is 20. The first-order valence-corrected chi connectivity index (χ1v) is 37.6. The lowest BCUT2D eigenvalue weighted by Crippen LogP contribution is -2.25. The Balaban J connectivity index is 0.000000193. The molecular weight excluding hydrogens is 1550 g/mol. The fourth-order valence-electron chi connectivity index (χ4n) is 11.5. The highest BCUT2D eigenvalue weighted by atomic mass is 79.9. The van der Waals surface area contributed by atoms with Crippen LogP contribution >= 0.6 is 31.9 Å². The molecule has 0 aliphatic heterocycles. The Bertz CT molecular complexity index is 5060. The minimum atomic E-state index is -0.888. The van der Waals surface area contributed by atoms with Crippen molar-refractivity contribution in [3.63, 3.8) is 0 Å². The standard InChI is InChI=1S/C24H23NO2.C23H22N2O2.C16H17NO2.C14H12O.C10H12BrNO2.C8H7BrO2/c1-18-16-19(12-14-22(18)20-8-4-3-5-9-20)17-25-23-11-7-6-10-21(23)13-15-24(26)27-2;1-17-15-18(11-13-21(17)19-7-3-2-4-8-19)16-24-22-10-6-5-9-20(22)12-14-23(26)25-27;1-12-11-14(16(18)17(2)19-3)9-10-15(12)13-7-5-4-6-8-13;1-11-9-12(10-15)7-8-14(11)13-5-3-2-4-6-13;1-7-6-8(4-5-9(7)11)10(13)12(2)14-3;1-5-4-6(8(10)11)2-3-7(5)9/h3-16,25H,17H2,1-2H3;2-15,24,27H,16H2,1H3,(H,25,26);4-11H,1-3H3;2-10H,1H3;4-6H,1-3H3;2-4H,1H3,(H,10,11)/b15-13+;14-12+;;;;. The molecule has 12 aromatic rings. The molecule has 0 unspecified atom stereocenters. The monoisotopic (exact) mass is 1640 g/mol. The van der Waals surface area contributed by atoms with Crippen molar-refractivity contribution < 1.29 is 53.5 Å². The summed E-state index contributed by atoms with van der Waals surface area (Å²) in [6.45, 7) is 13.5. The van der Waals surface area contributed by atoms with E-state index in [9.17, 15) is 28.8 Å². The van der Waals surface area contributed by atoms with Gasteiger partial charge in [0.2, 0.25) is 0 Å². The lowest BCUT2D eigenvalue weighted by atomic mass is 9.98. The number of aromatic carboxylic acids is 1. The first kappa shape index (κ1) is 87.8. The van der Waals surface area contributed by atoms with E-state index in [2.05, 4.69) is 158 Å². The predicted molar refractivity (Wildman–Crippen MR) is 462 cm³/mol. The fraction of sp³-hybridized carbons (Fsp3) is 0.137. The molecule has 0 fully saturated rings. The van der Waals surface area contributed by atoms with Gasteiger partial charge in [0.1, 0.15) is 6.29 Å². The Morgan fingerprint density at radius 1 is 0.398 bits per heavy atom. The highest BCUT2D eigenvalue weighted by Crippen LogP contribution is 2.30. The van der Waals surface area contributed by atoms with Crippen LogP contribution < -0.4 is 16.1 Å². The molecule has 0 atom stereocenters. The van der Waals surface area contributed by atoms with E-state index in [1.165, 1.54) is 99.2 Å². The first-order valence-electron chi connectivity index (χ1n) is 36.0. The van der Waals surface area contributed by atoms with Gasteiger partial charge in [0.05, 0.1) is 26.9 Å². The van der Waals surface area contributed by atoms with Crippen molar-refractivity contribution in [1.82, 2.24) is 15.6 Å². The van der Waals surface area contributed by atoms with Crippen LogP contribution in [0.1, 0.15) is 97.1 Å². The van der Waals surface area contributed by atoms with E-state index in [1.54, 1.807) is 56.0 Å². The summed E-state index contributed by atoms with van der Waals surface area (Å²) >= 11 is 6.66. The molecule has 0 spiro atoms. The van der Waals surface area contributed by atoms with Crippen LogP contribution in [-0.2, 0) is 37.1 Å². The Morgan fingerprint density at radius 3 is 1.09 bits per heavy atom. The second-order valence-corrected chi connectivity index (χ2v) is 27.4. The molecule has 16 nitrogen and oxygen atoms in total. The molecule has 578 valence electrons. The maximum absolute atomic E-state index is 12.0. The van der Waals surface area contributed by atoms with Crippen LogP contribution in [0.3, 0.4) is 0 Å². The Labute approximate surface area is 679 Å². The number of hydroxylamine groups is 5. The van der Waals surface area contributed by atoms with E-state index >= 15 is 0 Å². The first-order chi connectivity index (χ1) is 54.4. The molecule has 12 aromatic carbocycles. The quantitative estimate of drug-likeness (QED) is 0.0158. The topological polar surface area (TPSA) is 213 Å². The molecule has 12 rings (SSSR count). The molecule has 0 aliphatic rings. The van der Waals surface area contributed by atoms with Crippen molar-refractivity contribution in [2.24, 2.45) is 0 Å². The second kappa shape index (κ2) is 45.7. The van der Waals surface area contributed by atoms with Crippen molar-refractivity contribution in [3.05, 3.63) is 378 Å². The molecule has 0 radical (unpaired) electrons. The summed E-state index contributed by atoms with van der Waals surface area (Å²) in [6.07, 6.45) is 7.02. The number of carboxylic acids is 1. The summed E-state index contributed by atoms with van der Waals surface area (Å²) < 4.78 is 6.58. The number of nitrogens with one attached hydrogen (secondary N) is 3. The highest BCUT2D eigenvalue weighted by Gasteiger charge is 2.15. The van der Waals surface area contributed by atoms with Crippen LogP contribution in [0.25, 0.3) is 56.7 Å². The van der Waals surface area contributed by atoms with Crippen molar-refractivity contribution in [3.8, 4) is 44.5 Å². The fourth-order valence-corrected chi connectivity index (χ4v) is 12.0. The molecule has 5 N–H and O–H groups in total. The lowest BCUT2D eigenvalue weighted by molar-refractivity contribution is -0.134. The van der Waals surface area contributed by atoms with Gasteiger partial charge >= 0.3 is 11.9 Å². The third-order valence-electron chi connectivity index (χ3n) is 17.7. The molecule has 0 saturated heterocycles. The maximum atomic E-state index is 12.0. The summed E-state index contributed by atoms with van der Waals surface area (Å²) in [6, 6.07) is 91.5. The number of aryl methyl sites for hydroxylation is 6. The summed E-state index contributed by atoms with van der Waals surface area (Å²) in [5.74, 6) is -2.11. The molecule has 3 amide bonds. The molecule has 0 heterocycles. The van der Waals surface area contributed by atoms with Gasteiger partial charge in [-0.1, -0.05) is 244 Å². The van der Waals surface area contributed by atoms with Gasteiger partial charge in [-0.3, -0.25) is 34.1 Å². The van der Waals surface area contributed by atoms with Crippen LogP contribution in [0, 0.1) is 41.5 Å². The van der Waals surface area contributed by atoms with E-state index < -0.39 is 11.9 Å². The summed E-state index contributed by atoms with van der Waals surface area (Å²) in [7, 11) is 7.49. The summed E-state index contributed by atoms with van der Waals surface area (Å²) in [4.78, 5) is 76.9. The molecule has 0 aromatic heterocycles. The minimum absolute atomic E-state index is 0.148. The van der Waals surface area contributed by atoms with Gasteiger partial charge < -0.3 is 20.5 Å². The van der Waals surface area contributed by atoms with Crippen molar-refractivity contribution in [2.45, 2.75) is 54.6 Å². The zero-order chi connectivity index (χ0) is 81.8. The Kier molecular flexibility index (Phi) is 35.5. The highest BCUT2D eigenvalue weighted by molar-refractivity contribution is 9.10. The third kappa shape index (κ3) is 27.5. The molecule has 113 heavy (non-hydrogen) atoms. The predicted octanol–water partition coefficient (Wildman–Crippen LogP) is 21.9. The zero-order valence-electron chi connectivity index (χ0n) is 65.1. The number of benzene rings is 12. The third-order valence-corrected chi connectivity index (χ3v) is 19.5. The number of hydrogen-bond acceptors (Lipinski definition) is 12. The van der Waals surface area contributed by atoms with Crippen LogP contribution in [-0.4, -0.2) is 91.8 Å². The number of nitrogens with zero attached hydrogens (tertiary/aromatic N) is 2. The number of amides is 3. The van der Waals surface area contributed by atoms with Crippen molar-refractivity contribution >= 4 is 91.3 Å². The van der Waals surface area contributed by atoms with Crippen LogP contribution in [0.5, 0.6) is 0 Å². The zero-order valence-corrected chi connectivity index (χ0v) is 68.3. The number of anilines is 2. The number of halogens is 2. The van der Waals surface area contributed by atoms with E-state index in [0.717, 1.165) is 76.7 Å². The average Bonchev–Trinajstić information content (AvgIpc) is 0.641. The number of carboxylic acid groups (broad SMARTS) is 1. The van der Waals surface area contributed by atoms with E-state index in [-0.39, 0.29) is 17.8 Å².